The smallest absolute Gasteiger partial charge is 0.270 e. The second-order valence-electron chi connectivity index (χ2n) is 10.1. The Bertz CT molecular complexity index is 1860. The third-order valence-corrected chi connectivity index (χ3v) is 9.99. The molecule has 1 aromatic heterocycles. The monoisotopic (exact) mass is 677 g/mol. The van der Waals surface area contributed by atoms with E-state index in [1.807, 2.05) is 30.3 Å². The maximum Gasteiger partial charge on any atom is 0.270 e. The summed E-state index contributed by atoms with van der Waals surface area (Å²) in [6, 6.07) is 15.9. The van der Waals surface area contributed by atoms with Gasteiger partial charge in [0.25, 0.3) is 5.91 Å². The quantitative estimate of drug-likeness (QED) is 0.246. The van der Waals surface area contributed by atoms with E-state index in [0.29, 0.717) is 33.5 Å². The molecule has 0 saturated heterocycles. The zero-order chi connectivity index (χ0) is 30.2. The standard InChI is InChI=1S/C28H29BrFN5O5S2/c1-31-28(36)27-24-15-23(19-5-6-19)26(16-25(24)33-35(27)22-11-7-20(29)8-12-22)34(41(2,37)38)14-13-32-42(39,40)17-18-3-9-21(30)10-4-18/h3-4,7-12,15-16,19,32H,5-6,13-14,17H2,1-2H3,(H,31,36). The first-order valence-electron chi connectivity index (χ1n) is 13.1. The molecule has 4 aromatic rings. The fraction of sp³-hybridized carbons (Fsp3) is 0.286. The van der Waals surface area contributed by atoms with Crippen LogP contribution in [0.1, 0.15) is 40.4 Å². The second kappa shape index (κ2) is 11.7. The number of sulfonamides is 2. The fourth-order valence-electron chi connectivity index (χ4n) is 4.80. The van der Waals surface area contributed by atoms with E-state index in [0.717, 1.165) is 29.1 Å². The molecule has 0 bridgehead atoms. The molecule has 5 rings (SSSR count). The zero-order valence-corrected chi connectivity index (χ0v) is 26.1. The predicted octanol–water partition coefficient (Wildman–Crippen LogP) is 4.05. The number of hydrogen-bond donors (Lipinski definition) is 2. The first-order valence-corrected chi connectivity index (χ1v) is 17.4. The summed E-state index contributed by atoms with van der Waals surface area (Å²) in [7, 11) is -6.13. The highest BCUT2D eigenvalue weighted by molar-refractivity contribution is 9.10. The van der Waals surface area contributed by atoms with Gasteiger partial charge < -0.3 is 5.32 Å². The van der Waals surface area contributed by atoms with Crippen LogP contribution in [0.25, 0.3) is 16.6 Å². The number of nitrogens with zero attached hydrogens (tertiary/aromatic N) is 3. The number of rotatable bonds is 11. The summed E-state index contributed by atoms with van der Waals surface area (Å²) in [5.74, 6) is -1.09. The summed E-state index contributed by atoms with van der Waals surface area (Å²) in [5, 5.41) is 7.93. The van der Waals surface area contributed by atoms with Crippen LogP contribution in [0.4, 0.5) is 10.1 Å². The number of nitrogens with one attached hydrogen (secondary N) is 2. The van der Waals surface area contributed by atoms with Gasteiger partial charge in [0.05, 0.1) is 28.9 Å². The first kappa shape index (κ1) is 30.1. The molecule has 14 heteroatoms. The second-order valence-corrected chi connectivity index (χ2v) is 14.8. The van der Waals surface area contributed by atoms with Crippen molar-refractivity contribution < 1.29 is 26.0 Å². The Labute approximate surface area is 252 Å². The Hall–Kier alpha value is -3.33. The van der Waals surface area contributed by atoms with E-state index in [1.165, 1.54) is 40.3 Å². The molecular weight excluding hydrogens is 649 g/mol. The number of halogens is 2. The molecule has 1 aliphatic rings. The lowest BCUT2D eigenvalue weighted by molar-refractivity contribution is 0.0957. The minimum absolute atomic E-state index is 0.0948. The Kier molecular flexibility index (Phi) is 8.43. The lowest BCUT2D eigenvalue weighted by atomic mass is 10.0. The van der Waals surface area contributed by atoms with Gasteiger partial charge in [-0.1, -0.05) is 28.1 Å². The van der Waals surface area contributed by atoms with Crippen molar-refractivity contribution in [2.45, 2.75) is 24.5 Å². The number of benzene rings is 3. The molecule has 222 valence electrons. The minimum atomic E-state index is -3.84. The van der Waals surface area contributed by atoms with Crippen LogP contribution < -0.4 is 14.3 Å². The zero-order valence-electron chi connectivity index (χ0n) is 22.8. The molecule has 0 aliphatic heterocycles. The maximum atomic E-state index is 13.2. The molecule has 1 heterocycles. The summed E-state index contributed by atoms with van der Waals surface area (Å²) in [4.78, 5) is 13.0. The van der Waals surface area contributed by atoms with E-state index in [9.17, 15) is 26.0 Å². The van der Waals surface area contributed by atoms with Crippen molar-refractivity contribution in [2.24, 2.45) is 0 Å². The van der Waals surface area contributed by atoms with Crippen molar-refractivity contribution in [3.05, 3.63) is 87.8 Å². The summed E-state index contributed by atoms with van der Waals surface area (Å²) in [5.41, 5.74) is 2.94. The molecule has 1 fully saturated rings. The van der Waals surface area contributed by atoms with Crippen molar-refractivity contribution in [1.82, 2.24) is 19.8 Å². The van der Waals surface area contributed by atoms with Gasteiger partial charge in [-0.2, -0.15) is 5.10 Å². The van der Waals surface area contributed by atoms with E-state index in [1.54, 1.807) is 6.07 Å². The fourth-order valence-corrected chi connectivity index (χ4v) is 7.14. The van der Waals surface area contributed by atoms with Crippen LogP contribution in [0.15, 0.2) is 65.1 Å². The SMILES string of the molecule is CNC(=O)c1c2cc(C3CC3)c(N(CCNS(=O)(=O)Cc3ccc(F)cc3)S(C)(=O)=O)cc2nn1-c1ccc(Br)cc1. The molecule has 0 unspecified atom stereocenters. The van der Waals surface area contributed by atoms with E-state index in [4.69, 9.17) is 0 Å². The van der Waals surface area contributed by atoms with Gasteiger partial charge in [-0.25, -0.2) is 30.6 Å². The lowest BCUT2D eigenvalue weighted by Gasteiger charge is -2.25. The average Bonchev–Trinajstić information content (AvgIpc) is 3.71. The highest BCUT2D eigenvalue weighted by Gasteiger charge is 2.32. The Morgan fingerprint density at radius 3 is 2.33 bits per heavy atom. The highest BCUT2D eigenvalue weighted by Crippen LogP contribution is 2.46. The number of carbonyl (C=O) groups is 1. The molecule has 1 saturated carbocycles. The van der Waals surface area contributed by atoms with Gasteiger partial charge >= 0.3 is 0 Å². The normalized spacial score (nSPS) is 13.8. The van der Waals surface area contributed by atoms with E-state index >= 15 is 0 Å². The topological polar surface area (TPSA) is 130 Å². The molecule has 1 aliphatic carbocycles. The number of anilines is 1. The van der Waals surface area contributed by atoms with Crippen LogP contribution in [0.5, 0.6) is 0 Å². The van der Waals surface area contributed by atoms with Gasteiger partial charge in [0.15, 0.2) is 0 Å². The summed E-state index contributed by atoms with van der Waals surface area (Å²) in [6.07, 6.45) is 2.78. The van der Waals surface area contributed by atoms with Crippen molar-refractivity contribution in [3.8, 4) is 5.69 Å². The van der Waals surface area contributed by atoms with Crippen LogP contribution in [-0.4, -0.2) is 58.9 Å². The molecule has 0 radical (unpaired) electrons. The van der Waals surface area contributed by atoms with Crippen LogP contribution in [0.2, 0.25) is 0 Å². The predicted molar refractivity (Wildman–Crippen MR) is 163 cm³/mol. The number of amides is 1. The first-order chi connectivity index (χ1) is 19.9. The van der Waals surface area contributed by atoms with Crippen molar-refractivity contribution >= 4 is 58.5 Å². The van der Waals surface area contributed by atoms with Gasteiger partial charge in [0, 0.05) is 30.0 Å². The van der Waals surface area contributed by atoms with Crippen molar-refractivity contribution in [2.75, 3.05) is 30.7 Å². The Balaban J connectivity index is 1.51. The molecule has 0 atom stereocenters. The van der Waals surface area contributed by atoms with E-state index < -0.39 is 25.9 Å². The molecular formula is C28H29BrFN5O5S2. The molecule has 2 N–H and O–H groups in total. The Morgan fingerprint density at radius 1 is 1.07 bits per heavy atom. The summed E-state index contributed by atoms with van der Waals surface area (Å²) < 4.78 is 70.7. The highest BCUT2D eigenvalue weighted by atomic mass is 79.9. The van der Waals surface area contributed by atoms with Gasteiger partial charge in [-0.15, -0.1) is 0 Å². The molecule has 10 nitrogen and oxygen atoms in total. The minimum Gasteiger partial charge on any atom is -0.354 e. The maximum absolute atomic E-state index is 13.2. The van der Waals surface area contributed by atoms with Gasteiger partial charge in [-0.3, -0.25) is 9.10 Å². The molecule has 42 heavy (non-hydrogen) atoms. The number of fused-ring (bicyclic) bond motifs is 1. The van der Waals surface area contributed by atoms with Crippen molar-refractivity contribution in [1.29, 1.82) is 0 Å². The van der Waals surface area contributed by atoms with Crippen LogP contribution in [0, 0.1) is 5.82 Å². The van der Waals surface area contributed by atoms with Crippen LogP contribution in [-0.2, 0) is 25.8 Å². The Morgan fingerprint density at radius 2 is 1.74 bits per heavy atom. The average molecular weight is 679 g/mol. The third kappa shape index (κ3) is 6.66. The van der Waals surface area contributed by atoms with E-state index in [-0.39, 0.29) is 30.7 Å². The number of hydrogen-bond acceptors (Lipinski definition) is 6. The van der Waals surface area contributed by atoms with E-state index in [2.05, 4.69) is 31.1 Å². The molecule has 1 amide bonds. The number of aromatic nitrogens is 2. The third-order valence-electron chi connectivity index (χ3n) is 6.93. The summed E-state index contributed by atoms with van der Waals surface area (Å²) in [6.45, 7) is -0.349. The molecule has 3 aromatic carbocycles. The van der Waals surface area contributed by atoms with Crippen LogP contribution >= 0.6 is 15.9 Å². The number of carbonyl (C=O) groups excluding carboxylic acids is 1. The largest absolute Gasteiger partial charge is 0.354 e. The van der Waals surface area contributed by atoms with Crippen LogP contribution in [0.3, 0.4) is 0 Å². The van der Waals surface area contributed by atoms with Crippen molar-refractivity contribution in [3.63, 3.8) is 0 Å². The van der Waals surface area contributed by atoms with Gasteiger partial charge in [-0.05, 0) is 78.4 Å². The lowest BCUT2D eigenvalue weighted by Crippen LogP contribution is -2.39. The molecule has 0 spiro atoms. The van der Waals surface area contributed by atoms with Gasteiger partial charge in [0.1, 0.15) is 11.5 Å². The summed E-state index contributed by atoms with van der Waals surface area (Å²) >= 11 is 3.41. The van der Waals surface area contributed by atoms with Gasteiger partial charge in [0.2, 0.25) is 20.0 Å².